The van der Waals surface area contributed by atoms with Crippen molar-refractivity contribution in [3.63, 3.8) is 0 Å². The number of hydrogen-bond acceptors (Lipinski definition) is 5. The minimum Gasteiger partial charge on any atom is -0.379 e. The zero-order chi connectivity index (χ0) is 21.3. The van der Waals surface area contributed by atoms with Gasteiger partial charge in [0.2, 0.25) is 5.91 Å². The zero-order valence-electron chi connectivity index (χ0n) is 18.3. The van der Waals surface area contributed by atoms with Crippen molar-refractivity contribution in [2.24, 2.45) is 0 Å². The Kier molecular flexibility index (Phi) is 8.87. The molecule has 3 rings (SSSR count). The maximum Gasteiger partial charge on any atom is 0.238 e. The summed E-state index contributed by atoms with van der Waals surface area (Å²) in [6.07, 6.45) is 1.00. The van der Waals surface area contributed by atoms with Crippen LogP contribution < -0.4 is 10.6 Å². The van der Waals surface area contributed by atoms with Gasteiger partial charge < -0.3 is 20.3 Å². The molecular formula is C22H35N5O2S. The van der Waals surface area contributed by atoms with Crippen molar-refractivity contribution in [3.05, 3.63) is 29.3 Å². The van der Waals surface area contributed by atoms with Gasteiger partial charge in [-0.05, 0) is 43.6 Å². The Labute approximate surface area is 185 Å². The lowest BCUT2D eigenvalue weighted by atomic mass is 10.1. The second-order valence-corrected chi connectivity index (χ2v) is 8.50. The first-order valence-corrected chi connectivity index (χ1v) is 11.3. The van der Waals surface area contributed by atoms with Gasteiger partial charge in [0.15, 0.2) is 5.11 Å². The van der Waals surface area contributed by atoms with Crippen LogP contribution in [0.15, 0.2) is 18.2 Å². The molecule has 166 valence electrons. The number of para-hydroxylation sites is 1. The number of rotatable bonds is 6. The normalized spacial score (nSPS) is 18.7. The first-order chi connectivity index (χ1) is 14.5. The fourth-order valence-corrected chi connectivity index (χ4v) is 4.27. The van der Waals surface area contributed by atoms with Crippen LogP contribution in [-0.4, -0.2) is 97.8 Å². The molecular weight excluding hydrogens is 398 g/mol. The monoisotopic (exact) mass is 433 g/mol. The number of morpholine rings is 1. The average molecular weight is 434 g/mol. The Morgan fingerprint density at radius 2 is 1.77 bits per heavy atom. The Hall–Kier alpha value is -1.74. The molecule has 2 heterocycles. The van der Waals surface area contributed by atoms with Gasteiger partial charge in [0.05, 0.1) is 19.8 Å². The lowest BCUT2D eigenvalue weighted by Gasteiger charge is -2.28. The van der Waals surface area contributed by atoms with E-state index < -0.39 is 0 Å². The number of carbonyl (C=O) groups is 1. The number of amides is 1. The van der Waals surface area contributed by atoms with Crippen LogP contribution in [0.2, 0.25) is 0 Å². The van der Waals surface area contributed by atoms with Gasteiger partial charge >= 0.3 is 0 Å². The first kappa shape index (κ1) is 22.9. The fourth-order valence-electron chi connectivity index (χ4n) is 3.98. The molecule has 0 bridgehead atoms. The number of ether oxygens (including phenoxy) is 1. The van der Waals surface area contributed by atoms with E-state index in [0.29, 0.717) is 6.54 Å². The number of anilines is 1. The SMILES string of the molecule is Cc1cccc(C)c1NC(=O)CN1CCCN(C(=S)NCCN2CCOCC2)CC1. The smallest absolute Gasteiger partial charge is 0.238 e. The number of hydrogen-bond donors (Lipinski definition) is 2. The van der Waals surface area contributed by atoms with Gasteiger partial charge in [0, 0.05) is 58.0 Å². The molecule has 0 aromatic heterocycles. The van der Waals surface area contributed by atoms with Gasteiger partial charge in [-0.15, -0.1) is 0 Å². The topological polar surface area (TPSA) is 60.1 Å². The number of carbonyl (C=O) groups excluding carboxylic acids is 1. The summed E-state index contributed by atoms with van der Waals surface area (Å²) < 4.78 is 5.39. The van der Waals surface area contributed by atoms with Crippen LogP contribution in [0.1, 0.15) is 17.5 Å². The van der Waals surface area contributed by atoms with E-state index in [-0.39, 0.29) is 5.91 Å². The van der Waals surface area contributed by atoms with Crippen molar-refractivity contribution in [1.82, 2.24) is 20.0 Å². The molecule has 0 spiro atoms. The number of nitrogens with zero attached hydrogens (tertiary/aromatic N) is 3. The molecule has 0 unspecified atom stereocenters. The van der Waals surface area contributed by atoms with Crippen molar-refractivity contribution < 1.29 is 9.53 Å². The summed E-state index contributed by atoms with van der Waals surface area (Å²) >= 11 is 5.62. The Balaban J connectivity index is 1.39. The van der Waals surface area contributed by atoms with Crippen molar-refractivity contribution in [2.45, 2.75) is 20.3 Å². The maximum atomic E-state index is 12.6. The zero-order valence-corrected chi connectivity index (χ0v) is 19.1. The van der Waals surface area contributed by atoms with Crippen LogP contribution in [-0.2, 0) is 9.53 Å². The highest BCUT2D eigenvalue weighted by atomic mass is 32.1. The molecule has 0 atom stereocenters. The number of nitrogens with one attached hydrogen (secondary N) is 2. The van der Waals surface area contributed by atoms with Gasteiger partial charge in [0.25, 0.3) is 0 Å². The fraction of sp³-hybridized carbons (Fsp3) is 0.636. The second kappa shape index (κ2) is 11.6. The highest BCUT2D eigenvalue weighted by Gasteiger charge is 2.19. The molecule has 0 aliphatic carbocycles. The van der Waals surface area contributed by atoms with Gasteiger partial charge in [-0.25, -0.2) is 0 Å². The lowest BCUT2D eigenvalue weighted by molar-refractivity contribution is -0.117. The molecule has 1 aromatic carbocycles. The Bertz CT molecular complexity index is 703. The molecule has 0 radical (unpaired) electrons. The average Bonchev–Trinajstić information content (AvgIpc) is 2.97. The summed E-state index contributed by atoms with van der Waals surface area (Å²) in [5, 5.41) is 7.32. The van der Waals surface area contributed by atoms with E-state index >= 15 is 0 Å². The van der Waals surface area contributed by atoms with Gasteiger partial charge in [-0.1, -0.05) is 18.2 Å². The Morgan fingerprint density at radius 1 is 1.03 bits per heavy atom. The van der Waals surface area contributed by atoms with Crippen LogP contribution >= 0.6 is 12.2 Å². The molecule has 2 aliphatic rings. The lowest BCUT2D eigenvalue weighted by Crippen LogP contribution is -2.46. The molecule has 1 aromatic rings. The quantitative estimate of drug-likeness (QED) is 0.659. The molecule has 2 N–H and O–H groups in total. The summed E-state index contributed by atoms with van der Waals surface area (Å²) in [5.74, 6) is 0.0482. The second-order valence-electron chi connectivity index (χ2n) is 8.12. The van der Waals surface area contributed by atoms with E-state index in [0.717, 1.165) is 93.9 Å². The minimum absolute atomic E-state index is 0.0482. The van der Waals surface area contributed by atoms with Gasteiger partial charge in [-0.3, -0.25) is 14.6 Å². The van der Waals surface area contributed by atoms with E-state index in [2.05, 4.69) is 25.3 Å². The molecule has 2 saturated heterocycles. The van der Waals surface area contributed by atoms with E-state index in [1.807, 2.05) is 32.0 Å². The predicted molar refractivity (Wildman–Crippen MR) is 125 cm³/mol. The molecule has 2 fully saturated rings. The Morgan fingerprint density at radius 3 is 2.50 bits per heavy atom. The molecule has 2 aliphatic heterocycles. The highest BCUT2D eigenvalue weighted by molar-refractivity contribution is 7.80. The molecule has 7 nitrogen and oxygen atoms in total. The standard InChI is InChI=1S/C22H35N5O2S/c1-18-5-3-6-19(2)21(18)24-20(28)17-26-8-4-9-27(12-11-26)22(30)23-7-10-25-13-15-29-16-14-25/h3,5-6H,4,7-17H2,1-2H3,(H,23,30)(H,24,28). The molecule has 1 amide bonds. The highest BCUT2D eigenvalue weighted by Crippen LogP contribution is 2.19. The van der Waals surface area contributed by atoms with E-state index in [1.165, 1.54) is 0 Å². The van der Waals surface area contributed by atoms with Crippen molar-refractivity contribution in [2.75, 3.05) is 77.4 Å². The third kappa shape index (κ3) is 6.91. The first-order valence-electron chi connectivity index (χ1n) is 10.9. The summed E-state index contributed by atoms with van der Waals surface area (Å²) in [6.45, 7) is 13.5. The van der Waals surface area contributed by atoms with Gasteiger partial charge in [0.1, 0.15) is 0 Å². The van der Waals surface area contributed by atoms with Crippen molar-refractivity contribution in [3.8, 4) is 0 Å². The minimum atomic E-state index is 0.0482. The van der Waals surface area contributed by atoms with E-state index in [4.69, 9.17) is 17.0 Å². The largest absolute Gasteiger partial charge is 0.379 e. The van der Waals surface area contributed by atoms with Crippen LogP contribution in [0.5, 0.6) is 0 Å². The summed E-state index contributed by atoms with van der Waals surface area (Å²) in [5.41, 5.74) is 3.13. The number of thiocarbonyl (C=S) groups is 1. The van der Waals surface area contributed by atoms with Crippen LogP contribution in [0.4, 0.5) is 5.69 Å². The number of benzene rings is 1. The van der Waals surface area contributed by atoms with E-state index in [1.54, 1.807) is 0 Å². The van der Waals surface area contributed by atoms with Crippen molar-refractivity contribution >= 4 is 28.9 Å². The number of aryl methyl sites for hydroxylation is 2. The van der Waals surface area contributed by atoms with E-state index in [9.17, 15) is 4.79 Å². The summed E-state index contributed by atoms with van der Waals surface area (Å²) in [6, 6.07) is 6.07. The van der Waals surface area contributed by atoms with Crippen molar-refractivity contribution in [1.29, 1.82) is 0 Å². The summed E-state index contributed by atoms with van der Waals surface area (Å²) in [4.78, 5) is 19.4. The van der Waals surface area contributed by atoms with Crippen LogP contribution in [0.25, 0.3) is 0 Å². The van der Waals surface area contributed by atoms with Crippen LogP contribution in [0, 0.1) is 13.8 Å². The molecule has 8 heteroatoms. The maximum absolute atomic E-state index is 12.6. The van der Waals surface area contributed by atoms with Gasteiger partial charge in [-0.2, -0.15) is 0 Å². The molecule has 0 saturated carbocycles. The molecule has 30 heavy (non-hydrogen) atoms. The van der Waals surface area contributed by atoms with Crippen LogP contribution in [0.3, 0.4) is 0 Å². The third-order valence-corrected chi connectivity index (χ3v) is 6.20. The predicted octanol–water partition coefficient (Wildman–Crippen LogP) is 1.46. The third-order valence-electron chi connectivity index (χ3n) is 5.80. The summed E-state index contributed by atoms with van der Waals surface area (Å²) in [7, 11) is 0.